The smallest absolute Gasteiger partial charge is 0.148 e. The van der Waals surface area contributed by atoms with Gasteiger partial charge in [-0.15, -0.1) is 6.42 Å². The molecule has 0 spiro atoms. The minimum Gasteiger partial charge on any atom is -0.507 e. The van der Waals surface area contributed by atoms with E-state index >= 15 is 0 Å². The molecular weight excluding hydrogens is 398 g/mol. The summed E-state index contributed by atoms with van der Waals surface area (Å²) >= 11 is 6.27. The summed E-state index contributed by atoms with van der Waals surface area (Å²) in [6, 6.07) is 15.1. The van der Waals surface area contributed by atoms with Crippen molar-refractivity contribution in [2.24, 2.45) is 5.73 Å². The molecule has 0 bridgehead atoms. The molecule has 0 saturated heterocycles. The van der Waals surface area contributed by atoms with Gasteiger partial charge in [0.1, 0.15) is 30.5 Å². The molecule has 3 N–H and O–H groups in total. The van der Waals surface area contributed by atoms with Gasteiger partial charge in [-0.25, -0.2) is 0 Å². The maximum atomic E-state index is 10.0. The molecule has 0 aromatic heterocycles. The first-order valence-electron chi connectivity index (χ1n) is 9.55. The fourth-order valence-corrected chi connectivity index (χ4v) is 3.57. The number of nitrogens with two attached hydrogens (primary N) is 1. The second-order valence-corrected chi connectivity index (χ2v) is 7.32. The lowest BCUT2D eigenvalue weighted by Gasteiger charge is -2.17. The highest BCUT2D eigenvalue weighted by atomic mass is 35.5. The van der Waals surface area contributed by atoms with Crippen LogP contribution in [-0.2, 0) is 13.2 Å². The van der Waals surface area contributed by atoms with Crippen molar-refractivity contribution in [2.45, 2.75) is 27.0 Å². The quantitative estimate of drug-likeness (QED) is 0.503. The van der Waals surface area contributed by atoms with Gasteiger partial charge in [-0.2, -0.15) is 0 Å². The average molecular weight is 422 g/mol. The van der Waals surface area contributed by atoms with Crippen molar-refractivity contribution in [3.05, 3.63) is 75.8 Å². The van der Waals surface area contributed by atoms with Crippen LogP contribution in [0.5, 0.6) is 17.2 Å². The standard InChI is InChI=1S/C25H24ClNO3/c1-4-11-29-24-10-6-9-21(17(24)3)20-8-5-7-18(16(20)2)15-30-25-13-23(28)19(14-27)12-22(25)26/h1,5-10,12-13,28H,11,14-15,27H2,2-3H3. The van der Waals surface area contributed by atoms with Gasteiger partial charge >= 0.3 is 0 Å². The van der Waals surface area contributed by atoms with Gasteiger partial charge in [0.25, 0.3) is 0 Å². The largest absolute Gasteiger partial charge is 0.507 e. The summed E-state index contributed by atoms with van der Waals surface area (Å²) in [7, 11) is 0. The number of terminal acetylenes is 1. The monoisotopic (exact) mass is 421 g/mol. The SMILES string of the molecule is C#CCOc1cccc(-c2cccc(COc3cc(O)c(CN)cc3Cl)c2C)c1C. The third kappa shape index (κ3) is 4.54. The van der Waals surface area contributed by atoms with Crippen molar-refractivity contribution < 1.29 is 14.6 Å². The van der Waals surface area contributed by atoms with E-state index in [1.54, 1.807) is 6.07 Å². The molecule has 0 saturated carbocycles. The van der Waals surface area contributed by atoms with E-state index in [-0.39, 0.29) is 18.9 Å². The highest BCUT2D eigenvalue weighted by molar-refractivity contribution is 6.32. The van der Waals surface area contributed by atoms with Crippen LogP contribution in [0.3, 0.4) is 0 Å². The van der Waals surface area contributed by atoms with Crippen LogP contribution in [-0.4, -0.2) is 11.7 Å². The van der Waals surface area contributed by atoms with E-state index < -0.39 is 0 Å². The molecule has 4 nitrogen and oxygen atoms in total. The molecule has 0 heterocycles. The minimum atomic E-state index is 0.0711. The van der Waals surface area contributed by atoms with Gasteiger partial charge < -0.3 is 20.3 Å². The molecule has 0 unspecified atom stereocenters. The van der Waals surface area contributed by atoms with Crippen molar-refractivity contribution in [3.8, 4) is 40.7 Å². The molecule has 5 heteroatoms. The van der Waals surface area contributed by atoms with Gasteiger partial charge in [0.05, 0.1) is 5.02 Å². The number of hydrogen-bond acceptors (Lipinski definition) is 4. The number of hydrogen-bond donors (Lipinski definition) is 2. The van der Waals surface area contributed by atoms with Crippen LogP contribution in [0.15, 0.2) is 48.5 Å². The topological polar surface area (TPSA) is 64.7 Å². The molecule has 0 aliphatic carbocycles. The molecule has 0 aliphatic heterocycles. The van der Waals surface area contributed by atoms with Gasteiger partial charge in [0.15, 0.2) is 0 Å². The van der Waals surface area contributed by atoms with Crippen molar-refractivity contribution in [1.29, 1.82) is 0 Å². The summed E-state index contributed by atoms with van der Waals surface area (Å²) in [6.07, 6.45) is 5.32. The fraction of sp³-hybridized carbons (Fsp3) is 0.200. The Morgan fingerprint density at radius 1 is 0.967 bits per heavy atom. The summed E-state index contributed by atoms with van der Waals surface area (Å²) in [5.74, 6) is 3.75. The van der Waals surface area contributed by atoms with Crippen LogP contribution < -0.4 is 15.2 Å². The number of halogens is 1. The summed E-state index contributed by atoms with van der Waals surface area (Å²) in [4.78, 5) is 0. The molecule has 3 aromatic carbocycles. The number of ether oxygens (including phenoxy) is 2. The fourth-order valence-electron chi connectivity index (χ4n) is 3.33. The zero-order chi connectivity index (χ0) is 21.7. The van der Waals surface area contributed by atoms with Gasteiger partial charge in [0.2, 0.25) is 0 Å². The number of benzene rings is 3. The van der Waals surface area contributed by atoms with Crippen LogP contribution in [0, 0.1) is 26.2 Å². The Labute approximate surface area is 182 Å². The number of aromatic hydroxyl groups is 1. The lowest BCUT2D eigenvalue weighted by atomic mass is 9.93. The minimum absolute atomic E-state index is 0.0711. The molecular formula is C25H24ClNO3. The Kier molecular flexibility index (Phi) is 6.89. The van der Waals surface area contributed by atoms with Gasteiger partial charge in [0, 0.05) is 18.2 Å². The third-order valence-corrected chi connectivity index (χ3v) is 5.36. The van der Waals surface area contributed by atoms with Gasteiger partial charge in [-0.05, 0) is 53.8 Å². The Hall–Kier alpha value is -3.13. The van der Waals surface area contributed by atoms with E-state index in [1.165, 1.54) is 6.07 Å². The van der Waals surface area contributed by atoms with E-state index in [0.29, 0.717) is 22.9 Å². The molecule has 30 heavy (non-hydrogen) atoms. The van der Waals surface area contributed by atoms with Crippen molar-refractivity contribution in [3.63, 3.8) is 0 Å². The lowest BCUT2D eigenvalue weighted by Crippen LogP contribution is -2.02. The van der Waals surface area contributed by atoms with E-state index in [0.717, 1.165) is 33.6 Å². The third-order valence-electron chi connectivity index (χ3n) is 5.07. The van der Waals surface area contributed by atoms with E-state index in [4.69, 9.17) is 33.2 Å². The molecule has 154 valence electrons. The lowest BCUT2D eigenvalue weighted by molar-refractivity contribution is 0.303. The first-order chi connectivity index (χ1) is 14.5. The first kappa shape index (κ1) is 21.6. The predicted molar refractivity (Wildman–Crippen MR) is 121 cm³/mol. The number of phenols is 1. The van der Waals surface area contributed by atoms with Gasteiger partial charge in [-0.1, -0.05) is 47.9 Å². The zero-order valence-electron chi connectivity index (χ0n) is 17.0. The maximum Gasteiger partial charge on any atom is 0.148 e. The second kappa shape index (κ2) is 9.58. The molecule has 0 aliphatic rings. The Balaban J connectivity index is 1.88. The van der Waals surface area contributed by atoms with E-state index in [9.17, 15) is 5.11 Å². The van der Waals surface area contributed by atoms with Crippen molar-refractivity contribution in [2.75, 3.05) is 6.61 Å². The Morgan fingerprint density at radius 2 is 1.67 bits per heavy atom. The van der Waals surface area contributed by atoms with Crippen LogP contribution >= 0.6 is 11.6 Å². The van der Waals surface area contributed by atoms with Gasteiger partial charge in [-0.3, -0.25) is 0 Å². The van der Waals surface area contributed by atoms with Crippen molar-refractivity contribution >= 4 is 11.6 Å². The average Bonchev–Trinajstić information content (AvgIpc) is 2.74. The van der Waals surface area contributed by atoms with Crippen molar-refractivity contribution in [1.82, 2.24) is 0 Å². The molecule has 3 rings (SSSR count). The molecule has 0 amide bonds. The number of rotatable bonds is 7. The maximum absolute atomic E-state index is 10.0. The molecule has 0 fully saturated rings. The molecule has 3 aromatic rings. The summed E-state index contributed by atoms with van der Waals surface area (Å²) < 4.78 is 11.6. The van der Waals surface area contributed by atoms with Crippen LogP contribution in [0.4, 0.5) is 0 Å². The highest BCUT2D eigenvalue weighted by Crippen LogP contribution is 2.35. The Bertz CT molecular complexity index is 1100. The second-order valence-electron chi connectivity index (χ2n) is 6.92. The van der Waals surface area contributed by atoms with Crippen LogP contribution in [0.25, 0.3) is 11.1 Å². The normalized spacial score (nSPS) is 10.5. The number of phenolic OH excluding ortho intramolecular Hbond substituents is 1. The highest BCUT2D eigenvalue weighted by Gasteiger charge is 2.13. The summed E-state index contributed by atoms with van der Waals surface area (Å²) in [5.41, 5.74) is 11.5. The predicted octanol–water partition coefficient (Wildman–Crippen LogP) is 5.38. The molecule has 0 radical (unpaired) electrons. The first-order valence-corrected chi connectivity index (χ1v) is 9.93. The summed E-state index contributed by atoms with van der Waals surface area (Å²) in [5, 5.41) is 10.4. The van der Waals surface area contributed by atoms with E-state index in [2.05, 4.69) is 25.0 Å². The molecule has 0 atom stereocenters. The van der Waals surface area contributed by atoms with Crippen LogP contribution in [0.2, 0.25) is 5.02 Å². The Morgan fingerprint density at radius 3 is 2.37 bits per heavy atom. The van der Waals surface area contributed by atoms with E-state index in [1.807, 2.05) is 31.2 Å². The zero-order valence-corrected chi connectivity index (χ0v) is 17.8. The summed E-state index contributed by atoms with van der Waals surface area (Å²) in [6.45, 7) is 4.82. The van der Waals surface area contributed by atoms with Crippen LogP contribution in [0.1, 0.15) is 22.3 Å².